The van der Waals surface area contributed by atoms with Crippen LogP contribution in [-0.2, 0) is 9.53 Å². The normalized spacial score (nSPS) is 10.3. The fourth-order valence-electron chi connectivity index (χ4n) is 2.02. The predicted molar refractivity (Wildman–Crippen MR) is 106 cm³/mol. The number of carbonyl (C=O) groups excluding carboxylic acids is 3. The minimum Gasteiger partial charge on any atom is -0.494 e. The van der Waals surface area contributed by atoms with Crippen LogP contribution in [0.3, 0.4) is 0 Å². The second kappa shape index (κ2) is 10.8. The van der Waals surface area contributed by atoms with Crippen LogP contribution in [0.4, 0.5) is 0 Å². The van der Waals surface area contributed by atoms with Gasteiger partial charge in [-0.05, 0) is 58.7 Å². The zero-order valence-electron chi connectivity index (χ0n) is 14.8. The molecule has 6 nitrogen and oxygen atoms in total. The van der Waals surface area contributed by atoms with E-state index in [9.17, 15) is 14.4 Å². The van der Waals surface area contributed by atoms with Crippen LogP contribution in [0, 0.1) is 0 Å². The fraction of sp³-hybridized carbons (Fsp3) is 0.316. The molecule has 0 aliphatic rings. The Hall–Kier alpha value is -2.19. The molecule has 0 fully saturated rings. The minimum absolute atomic E-state index is 0.288. The van der Waals surface area contributed by atoms with Gasteiger partial charge < -0.3 is 14.8 Å². The van der Waals surface area contributed by atoms with Gasteiger partial charge in [0, 0.05) is 5.56 Å². The van der Waals surface area contributed by atoms with E-state index in [0.29, 0.717) is 22.8 Å². The van der Waals surface area contributed by atoms with Gasteiger partial charge in [-0.3, -0.25) is 14.4 Å². The minimum atomic E-state index is -0.674. The van der Waals surface area contributed by atoms with Crippen molar-refractivity contribution < 1.29 is 23.9 Å². The van der Waals surface area contributed by atoms with E-state index in [2.05, 4.69) is 28.2 Å². The van der Waals surface area contributed by atoms with E-state index in [1.54, 1.807) is 36.4 Å². The van der Waals surface area contributed by atoms with Gasteiger partial charge in [-0.15, -0.1) is 11.3 Å². The summed E-state index contributed by atoms with van der Waals surface area (Å²) in [4.78, 5) is 36.1. The molecule has 2 rings (SSSR count). The molecule has 0 saturated heterocycles. The van der Waals surface area contributed by atoms with Crippen molar-refractivity contribution in [2.24, 2.45) is 0 Å². The Bertz CT molecular complexity index is 788. The summed E-state index contributed by atoms with van der Waals surface area (Å²) in [7, 11) is 0. The average Bonchev–Trinajstić information content (AvgIpc) is 3.11. The maximum atomic E-state index is 12.1. The van der Waals surface area contributed by atoms with E-state index >= 15 is 0 Å². The van der Waals surface area contributed by atoms with Crippen molar-refractivity contribution in [2.45, 2.75) is 19.8 Å². The quantitative estimate of drug-likeness (QED) is 0.335. The highest BCUT2D eigenvalue weighted by Crippen LogP contribution is 2.22. The summed E-state index contributed by atoms with van der Waals surface area (Å²) >= 11 is 4.53. The van der Waals surface area contributed by atoms with Crippen LogP contribution in [0.15, 0.2) is 40.2 Å². The number of thiophene rings is 1. The maximum absolute atomic E-state index is 12.1. The molecule has 1 aromatic heterocycles. The lowest BCUT2D eigenvalue weighted by Crippen LogP contribution is -2.31. The molecule has 0 aliphatic heterocycles. The van der Waals surface area contributed by atoms with Crippen LogP contribution in [0.25, 0.3) is 0 Å². The highest BCUT2D eigenvalue weighted by molar-refractivity contribution is 9.11. The molecule has 0 atom stereocenters. The molecule has 2 aromatic rings. The Labute approximate surface area is 170 Å². The molecular weight excluding hydrogens is 434 g/mol. The van der Waals surface area contributed by atoms with E-state index in [4.69, 9.17) is 9.47 Å². The summed E-state index contributed by atoms with van der Waals surface area (Å²) in [5, 5.41) is 2.47. The average molecular weight is 454 g/mol. The van der Waals surface area contributed by atoms with Crippen molar-refractivity contribution in [2.75, 3.05) is 19.8 Å². The lowest BCUT2D eigenvalue weighted by Gasteiger charge is -2.08. The zero-order chi connectivity index (χ0) is 19.6. The first-order valence-corrected chi connectivity index (χ1v) is 10.1. The first kappa shape index (κ1) is 21.1. The molecule has 1 N–H and O–H groups in total. The third-order valence-electron chi connectivity index (χ3n) is 3.49. The topological polar surface area (TPSA) is 81.7 Å². The highest BCUT2D eigenvalue weighted by Gasteiger charge is 2.13. The molecule has 1 heterocycles. The van der Waals surface area contributed by atoms with Gasteiger partial charge in [-0.2, -0.15) is 0 Å². The van der Waals surface area contributed by atoms with Crippen LogP contribution >= 0.6 is 27.3 Å². The number of hydrogen-bond donors (Lipinski definition) is 1. The van der Waals surface area contributed by atoms with E-state index in [1.165, 1.54) is 11.3 Å². The molecule has 8 heteroatoms. The van der Waals surface area contributed by atoms with Crippen molar-refractivity contribution in [3.63, 3.8) is 0 Å². The third-order valence-corrected chi connectivity index (χ3v) is 5.15. The molecule has 0 spiro atoms. The summed E-state index contributed by atoms with van der Waals surface area (Å²) < 4.78 is 11.3. The van der Waals surface area contributed by atoms with Crippen molar-refractivity contribution >= 4 is 44.9 Å². The molecule has 0 aliphatic carbocycles. The molecule has 0 radical (unpaired) electrons. The molecule has 0 saturated carbocycles. The lowest BCUT2D eigenvalue weighted by atomic mass is 10.2. The van der Waals surface area contributed by atoms with Crippen LogP contribution in [0.1, 0.15) is 39.8 Å². The number of ether oxygens (including phenoxy) is 2. The number of ketones is 1. The number of nitrogens with one attached hydrogen (secondary N) is 1. The van der Waals surface area contributed by atoms with Crippen LogP contribution in [0.5, 0.6) is 5.75 Å². The van der Waals surface area contributed by atoms with Crippen molar-refractivity contribution in [3.8, 4) is 5.75 Å². The largest absolute Gasteiger partial charge is 0.494 e. The SMILES string of the molecule is CCCCOc1ccc(C(=O)NCC(=O)OCC(=O)c2ccc(Br)s2)cc1. The fourth-order valence-corrected chi connectivity index (χ4v) is 3.33. The Morgan fingerprint density at radius 1 is 1.11 bits per heavy atom. The Morgan fingerprint density at radius 2 is 1.85 bits per heavy atom. The lowest BCUT2D eigenvalue weighted by molar-refractivity contribution is -0.141. The van der Waals surface area contributed by atoms with Gasteiger partial charge in [0.2, 0.25) is 5.78 Å². The van der Waals surface area contributed by atoms with Crippen molar-refractivity contribution in [3.05, 3.63) is 50.6 Å². The van der Waals surface area contributed by atoms with Crippen molar-refractivity contribution in [1.82, 2.24) is 5.32 Å². The van der Waals surface area contributed by atoms with Crippen molar-refractivity contribution in [1.29, 1.82) is 0 Å². The standard InChI is InChI=1S/C19H20BrNO5S/c1-2-3-10-25-14-6-4-13(5-7-14)19(24)21-11-18(23)26-12-15(22)16-8-9-17(20)27-16/h4-9H,2-3,10-12H2,1H3,(H,21,24). The van der Waals surface area contributed by atoms with Gasteiger partial charge >= 0.3 is 5.97 Å². The number of unbranched alkanes of at least 4 members (excludes halogenated alkanes) is 1. The van der Waals surface area contributed by atoms with E-state index in [0.717, 1.165) is 16.6 Å². The third kappa shape index (κ3) is 7.15. The summed E-state index contributed by atoms with van der Waals surface area (Å²) in [6.07, 6.45) is 2.02. The molecule has 0 bridgehead atoms. The first-order chi connectivity index (χ1) is 13.0. The molecule has 27 heavy (non-hydrogen) atoms. The van der Waals surface area contributed by atoms with E-state index < -0.39 is 11.9 Å². The smallest absolute Gasteiger partial charge is 0.325 e. The van der Waals surface area contributed by atoms with Gasteiger partial charge in [0.05, 0.1) is 15.3 Å². The summed E-state index contributed by atoms with van der Waals surface area (Å²) in [5.41, 5.74) is 0.408. The number of amides is 1. The molecule has 0 unspecified atom stereocenters. The van der Waals surface area contributed by atoms with Crippen LogP contribution in [0.2, 0.25) is 0 Å². The molecule has 144 valence electrons. The second-order valence-corrected chi connectivity index (χ2v) is 8.06. The van der Waals surface area contributed by atoms with Gasteiger partial charge in [-0.25, -0.2) is 0 Å². The molecular formula is C19H20BrNO5S. The number of carbonyl (C=O) groups is 3. The van der Waals surface area contributed by atoms with Crippen LogP contribution < -0.4 is 10.1 Å². The number of benzene rings is 1. The predicted octanol–water partition coefficient (Wildman–Crippen LogP) is 3.85. The number of rotatable bonds is 10. The Morgan fingerprint density at radius 3 is 2.48 bits per heavy atom. The Kier molecular flexibility index (Phi) is 8.47. The summed E-state index contributed by atoms with van der Waals surface area (Å²) in [5.74, 6) is -0.672. The maximum Gasteiger partial charge on any atom is 0.325 e. The molecule has 1 amide bonds. The highest BCUT2D eigenvalue weighted by atomic mass is 79.9. The Balaban J connectivity index is 1.72. The number of esters is 1. The monoisotopic (exact) mass is 453 g/mol. The molecule has 1 aromatic carbocycles. The second-order valence-electron chi connectivity index (χ2n) is 5.60. The number of hydrogen-bond acceptors (Lipinski definition) is 6. The van der Waals surface area contributed by atoms with Gasteiger partial charge in [0.25, 0.3) is 5.91 Å². The summed E-state index contributed by atoms with van der Waals surface area (Å²) in [6, 6.07) is 10.1. The summed E-state index contributed by atoms with van der Waals surface area (Å²) in [6.45, 7) is 2.05. The van der Waals surface area contributed by atoms with Gasteiger partial charge in [0.1, 0.15) is 12.3 Å². The van der Waals surface area contributed by atoms with E-state index in [-0.39, 0.29) is 18.9 Å². The zero-order valence-corrected chi connectivity index (χ0v) is 17.2. The first-order valence-electron chi connectivity index (χ1n) is 8.45. The van der Waals surface area contributed by atoms with Gasteiger partial charge in [-0.1, -0.05) is 13.3 Å². The van der Waals surface area contributed by atoms with Crippen LogP contribution in [-0.4, -0.2) is 37.4 Å². The van der Waals surface area contributed by atoms with E-state index in [1.807, 2.05) is 0 Å². The van der Waals surface area contributed by atoms with Gasteiger partial charge in [0.15, 0.2) is 6.61 Å². The number of halogens is 1. The number of Topliss-reactive ketones (excluding diaryl/α,β-unsaturated/α-hetero) is 1.